The van der Waals surface area contributed by atoms with Gasteiger partial charge in [0.2, 0.25) is 0 Å². The fourth-order valence-corrected chi connectivity index (χ4v) is 2.78. The van der Waals surface area contributed by atoms with Crippen molar-refractivity contribution in [3.63, 3.8) is 0 Å². The molecule has 1 aliphatic carbocycles. The second-order valence-corrected chi connectivity index (χ2v) is 5.71. The number of nitrogens with one attached hydrogen (secondary N) is 1. The molecule has 1 aromatic rings. The highest BCUT2D eigenvalue weighted by Crippen LogP contribution is 2.30. The standard InChI is InChI=1S/C16H25N/c1-4-13-5-8-16(11-13)17-15-9-6-14(7-10-15)12(2)3/h6-7,9-10,12-13,16-17H,4-5,8,11H2,1-3H3. The van der Waals surface area contributed by atoms with E-state index in [4.69, 9.17) is 0 Å². The predicted molar refractivity (Wildman–Crippen MR) is 75.6 cm³/mol. The Morgan fingerprint density at radius 1 is 1.18 bits per heavy atom. The van der Waals surface area contributed by atoms with E-state index in [1.807, 2.05) is 0 Å². The van der Waals surface area contributed by atoms with E-state index < -0.39 is 0 Å². The average Bonchev–Trinajstić information content (AvgIpc) is 2.77. The van der Waals surface area contributed by atoms with Gasteiger partial charge in [0.25, 0.3) is 0 Å². The summed E-state index contributed by atoms with van der Waals surface area (Å²) in [5.41, 5.74) is 2.71. The van der Waals surface area contributed by atoms with Gasteiger partial charge in [-0.1, -0.05) is 39.3 Å². The summed E-state index contributed by atoms with van der Waals surface area (Å²) in [5.74, 6) is 1.57. The minimum absolute atomic E-state index is 0.625. The molecular weight excluding hydrogens is 206 g/mol. The van der Waals surface area contributed by atoms with Crippen molar-refractivity contribution in [3.05, 3.63) is 29.8 Å². The zero-order chi connectivity index (χ0) is 12.3. The van der Waals surface area contributed by atoms with Crippen LogP contribution in [0.25, 0.3) is 0 Å². The molecule has 0 amide bonds. The van der Waals surface area contributed by atoms with E-state index >= 15 is 0 Å². The van der Waals surface area contributed by atoms with Gasteiger partial charge in [-0.3, -0.25) is 0 Å². The quantitative estimate of drug-likeness (QED) is 0.784. The van der Waals surface area contributed by atoms with Crippen molar-refractivity contribution in [1.29, 1.82) is 0 Å². The van der Waals surface area contributed by atoms with E-state index in [0.29, 0.717) is 12.0 Å². The first-order chi connectivity index (χ1) is 8.19. The Hall–Kier alpha value is -0.980. The molecule has 1 heteroatoms. The highest BCUT2D eigenvalue weighted by atomic mass is 14.9. The van der Waals surface area contributed by atoms with Gasteiger partial charge in [-0.05, 0) is 48.8 Å². The van der Waals surface area contributed by atoms with Crippen LogP contribution in [0, 0.1) is 5.92 Å². The Kier molecular flexibility index (Phi) is 4.09. The van der Waals surface area contributed by atoms with Crippen LogP contribution >= 0.6 is 0 Å². The SMILES string of the molecule is CCC1CCC(Nc2ccc(C(C)C)cc2)C1. The third-order valence-corrected chi connectivity index (χ3v) is 4.07. The van der Waals surface area contributed by atoms with Crippen molar-refractivity contribution in [2.75, 3.05) is 5.32 Å². The summed E-state index contributed by atoms with van der Waals surface area (Å²) >= 11 is 0. The lowest BCUT2D eigenvalue weighted by atomic mass is 10.0. The van der Waals surface area contributed by atoms with Crippen molar-refractivity contribution < 1.29 is 0 Å². The molecule has 0 spiro atoms. The molecule has 0 aliphatic heterocycles. The van der Waals surface area contributed by atoms with Crippen LogP contribution in [0.2, 0.25) is 0 Å². The second kappa shape index (κ2) is 5.57. The third kappa shape index (κ3) is 3.24. The van der Waals surface area contributed by atoms with E-state index in [1.165, 1.54) is 36.9 Å². The molecule has 0 radical (unpaired) electrons. The van der Waals surface area contributed by atoms with Crippen molar-refractivity contribution in [1.82, 2.24) is 0 Å². The Morgan fingerprint density at radius 2 is 1.88 bits per heavy atom. The molecule has 2 rings (SSSR count). The molecule has 1 N–H and O–H groups in total. The van der Waals surface area contributed by atoms with E-state index in [9.17, 15) is 0 Å². The minimum Gasteiger partial charge on any atom is -0.382 e. The smallest absolute Gasteiger partial charge is 0.0342 e. The topological polar surface area (TPSA) is 12.0 Å². The molecule has 0 heterocycles. The molecule has 1 aromatic carbocycles. The van der Waals surface area contributed by atoms with E-state index in [-0.39, 0.29) is 0 Å². The molecule has 1 nitrogen and oxygen atoms in total. The summed E-state index contributed by atoms with van der Waals surface area (Å²) in [6.07, 6.45) is 5.43. The summed E-state index contributed by atoms with van der Waals surface area (Å²) in [6, 6.07) is 9.66. The van der Waals surface area contributed by atoms with Gasteiger partial charge in [-0.15, -0.1) is 0 Å². The van der Waals surface area contributed by atoms with Crippen molar-refractivity contribution in [3.8, 4) is 0 Å². The first-order valence-corrected chi connectivity index (χ1v) is 7.05. The van der Waals surface area contributed by atoms with Crippen LogP contribution in [0.15, 0.2) is 24.3 Å². The van der Waals surface area contributed by atoms with Crippen molar-refractivity contribution in [2.45, 2.75) is 58.4 Å². The molecule has 1 fully saturated rings. The molecule has 1 aliphatic rings. The normalized spacial score (nSPS) is 24.2. The van der Waals surface area contributed by atoms with Crippen LogP contribution in [0.3, 0.4) is 0 Å². The van der Waals surface area contributed by atoms with Crippen LogP contribution in [0.5, 0.6) is 0 Å². The van der Waals surface area contributed by atoms with Gasteiger partial charge in [0, 0.05) is 11.7 Å². The van der Waals surface area contributed by atoms with Gasteiger partial charge in [-0.25, -0.2) is 0 Å². The lowest BCUT2D eigenvalue weighted by molar-refractivity contribution is 0.525. The lowest BCUT2D eigenvalue weighted by Crippen LogP contribution is -2.15. The number of hydrogen-bond donors (Lipinski definition) is 1. The molecule has 0 saturated heterocycles. The molecule has 17 heavy (non-hydrogen) atoms. The Labute approximate surface area is 106 Å². The monoisotopic (exact) mass is 231 g/mol. The molecular formula is C16H25N. The largest absolute Gasteiger partial charge is 0.382 e. The molecule has 94 valence electrons. The van der Waals surface area contributed by atoms with Crippen LogP contribution < -0.4 is 5.32 Å². The molecule has 1 saturated carbocycles. The van der Waals surface area contributed by atoms with Crippen LogP contribution in [0.1, 0.15) is 57.9 Å². The van der Waals surface area contributed by atoms with Gasteiger partial charge in [0.1, 0.15) is 0 Å². The average molecular weight is 231 g/mol. The van der Waals surface area contributed by atoms with Crippen molar-refractivity contribution >= 4 is 5.69 Å². The molecule has 0 bridgehead atoms. The van der Waals surface area contributed by atoms with E-state index in [1.54, 1.807) is 0 Å². The Bertz CT molecular complexity index is 339. The number of benzene rings is 1. The van der Waals surface area contributed by atoms with E-state index in [2.05, 4.69) is 50.4 Å². The van der Waals surface area contributed by atoms with Crippen LogP contribution in [-0.4, -0.2) is 6.04 Å². The summed E-state index contributed by atoms with van der Waals surface area (Å²) in [4.78, 5) is 0. The zero-order valence-electron chi connectivity index (χ0n) is 11.4. The minimum atomic E-state index is 0.625. The summed E-state index contributed by atoms with van der Waals surface area (Å²) in [5, 5.41) is 3.67. The molecule has 2 unspecified atom stereocenters. The van der Waals surface area contributed by atoms with Crippen LogP contribution in [0.4, 0.5) is 5.69 Å². The van der Waals surface area contributed by atoms with Crippen LogP contribution in [-0.2, 0) is 0 Å². The number of anilines is 1. The third-order valence-electron chi connectivity index (χ3n) is 4.07. The van der Waals surface area contributed by atoms with Gasteiger partial charge in [-0.2, -0.15) is 0 Å². The first kappa shape index (κ1) is 12.5. The van der Waals surface area contributed by atoms with Gasteiger partial charge >= 0.3 is 0 Å². The predicted octanol–water partition coefficient (Wildman–Crippen LogP) is 4.80. The Balaban J connectivity index is 1.91. The maximum Gasteiger partial charge on any atom is 0.0342 e. The number of rotatable bonds is 4. The first-order valence-electron chi connectivity index (χ1n) is 7.05. The summed E-state index contributed by atoms with van der Waals surface area (Å²) in [7, 11) is 0. The summed E-state index contributed by atoms with van der Waals surface area (Å²) in [6.45, 7) is 6.79. The lowest BCUT2D eigenvalue weighted by Gasteiger charge is -2.15. The Morgan fingerprint density at radius 3 is 2.41 bits per heavy atom. The maximum atomic E-state index is 3.67. The fourth-order valence-electron chi connectivity index (χ4n) is 2.78. The van der Waals surface area contributed by atoms with Crippen molar-refractivity contribution in [2.24, 2.45) is 5.92 Å². The molecule has 2 atom stereocenters. The van der Waals surface area contributed by atoms with E-state index in [0.717, 1.165) is 5.92 Å². The van der Waals surface area contributed by atoms with Gasteiger partial charge < -0.3 is 5.32 Å². The number of hydrogen-bond acceptors (Lipinski definition) is 1. The second-order valence-electron chi connectivity index (χ2n) is 5.71. The zero-order valence-corrected chi connectivity index (χ0v) is 11.4. The van der Waals surface area contributed by atoms with Gasteiger partial charge in [0.05, 0.1) is 0 Å². The van der Waals surface area contributed by atoms with Gasteiger partial charge in [0.15, 0.2) is 0 Å². The summed E-state index contributed by atoms with van der Waals surface area (Å²) < 4.78 is 0. The highest BCUT2D eigenvalue weighted by Gasteiger charge is 2.22. The highest BCUT2D eigenvalue weighted by molar-refractivity contribution is 5.46. The maximum absolute atomic E-state index is 3.67. The fraction of sp³-hybridized carbons (Fsp3) is 0.625. The molecule has 0 aromatic heterocycles.